The third kappa shape index (κ3) is 4.62. The molecule has 0 bridgehead atoms. The minimum Gasteiger partial charge on any atom is -0.478 e. The van der Waals surface area contributed by atoms with E-state index in [2.05, 4.69) is 4.72 Å². The molecule has 0 heterocycles. The molecule has 1 aromatic carbocycles. The van der Waals surface area contributed by atoms with E-state index in [-0.39, 0.29) is 10.5 Å². The van der Waals surface area contributed by atoms with Gasteiger partial charge in [-0.3, -0.25) is 0 Å². The van der Waals surface area contributed by atoms with Gasteiger partial charge in [-0.05, 0) is 44.5 Å². The van der Waals surface area contributed by atoms with Gasteiger partial charge in [0.05, 0.1) is 16.6 Å². The van der Waals surface area contributed by atoms with Crippen LogP contribution in [0.5, 0.6) is 0 Å². The van der Waals surface area contributed by atoms with Crippen LogP contribution < -0.4 is 4.72 Å². The Kier molecular flexibility index (Phi) is 5.04. The molecule has 1 rings (SSSR count). The van der Waals surface area contributed by atoms with E-state index in [0.717, 1.165) is 0 Å². The van der Waals surface area contributed by atoms with E-state index in [9.17, 15) is 18.3 Å². The molecule has 0 aliphatic rings. The highest BCUT2D eigenvalue weighted by atomic mass is 32.2. The molecule has 7 heteroatoms. The Morgan fingerprint density at radius 1 is 1.26 bits per heavy atom. The first-order valence-electron chi connectivity index (χ1n) is 5.76. The Balaban J connectivity index is 2.85. The number of hydrogen-bond donors (Lipinski definition) is 3. The molecule has 6 nitrogen and oxygen atoms in total. The first-order chi connectivity index (χ1) is 8.72. The van der Waals surface area contributed by atoms with E-state index in [0.29, 0.717) is 6.42 Å². The van der Waals surface area contributed by atoms with Gasteiger partial charge >= 0.3 is 5.97 Å². The number of carbonyl (C=O) groups is 1. The van der Waals surface area contributed by atoms with E-state index in [1.54, 1.807) is 13.8 Å². The molecule has 0 spiro atoms. The number of nitrogens with one attached hydrogen (secondary N) is 1. The first-order valence-corrected chi connectivity index (χ1v) is 7.24. The third-order valence-corrected chi connectivity index (χ3v) is 4.07. The van der Waals surface area contributed by atoms with E-state index in [1.165, 1.54) is 24.3 Å². The van der Waals surface area contributed by atoms with Crippen molar-refractivity contribution in [2.75, 3.05) is 0 Å². The topological polar surface area (TPSA) is 104 Å². The molecular weight excluding hydrogens is 270 g/mol. The number of hydrogen-bond acceptors (Lipinski definition) is 4. The van der Waals surface area contributed by atoms with Gasteiger partial charge in [0.15, 0.2) is 0 Å². The predicted molar refractivity (Wildman–Crippen MR) is 69.5 cm³/mol. The van der Waals surface area contributed by atoms with Crippen LogP contribution in [0, 0.1) is 0 Å². The lowest BCUT2D eigenvalue weighted by Crippen LogP contribution is -2.34. The lowest BCUT2D eigenvalue weighted by molar-refractivity contribution is 0.0696. The summed E-state index contributed by atoms with van der Waals surface area (Å²) in [7, 11) is -3.70. The third-order valence-electron chi connectivity index (χ3n) is 2.46. The van der Waals surface area contributed by atoms with Crippen molar-refractivity contribution in [2.45, 2.75) is 37.3 Å². The van der Waals surface area contributed by atoms with Gasteiger partial charge in [-0.2, -0.15) is 0 Å². The molecule has 1 aromatic rings. The number of sulfonamides is 1. The maximum Gasteiger partial charge on any atom is 0.335 e. The molecule has 3 N–H and O–H groups in total. The van der Waals surface area contributed by atoms with Gasteiger partial charge < -0.3 is 10.2 Å². The van der Waals surface area contributed by atoms with E-state index in [4.69, 9.17) is 5.11 Å². The second-order valence-electron chi connectivity index (χ2n) is 4.44. The fraction of sp³-hybridized carbons (Fsp3) is 0.417. The van der Waals surface area contributed by atoms with E-state index >= 15 is 0 Å². The summed E-state index contributed by atoms with van der Waals surface area (Å²) in [4.78, 5) is 10.7. The van der Waals surface area contributed by atoms with Crippen molar-refractivity contribution in [3.05, 3.63) is 29.8 Å². The summed E-state index contributed by atoms with van der Waals surface area (Å²) in [6, 6.07) is 4.53. The number of aromatic carboxylic acids is 1. The minimum atomic E-state index is -3.70. The van der Waals surface area contributed by atoms with Crippen LogP contribution in [0.4, 0.5) is 0 Å². The van der Waals surface area contributed by atoms with Crippen LogP contribution in [-0.2, 0) is 10.0 Å². The molecule has 0 saturated carbocycles. The molecule has 0 aliphatic carbocycles. The normalized spacial score (nSPS) is 14.9. The van der Waals surface area contributed by atoms with Crippen molar-refractivity contribution in [3.63, 3.8) is 0 Å². The summed E-state index contributed by atoms with van der Waals surface area (Å²) in [5.74, 6) is -1.11. The first kappa shape index (κ1) is 15.6. The highest BCUT2D eigenvalue weighted by Gasteiger charge is 2.18. The molecule has 0 fully saturated rings. The Labute approximate surface area is 112 Å². The zero-order chi connectivity index (χ0) is 14.6. The van der Waals surface area contributed by atoms with Crippen molar-refractivity contribution in [3.8, 4) is 0 Å². The van der Waals surface area contributed by atoms with Crippen LogP contribution >= 0.6 is 0 Å². The van der Waals surface area contributed by atoms with Gasteiger partial charge in [0.1, 0.15) is 0 Å². The van der Waals surface area contributed by atoms with Crippen LogP contribution in [0.25, 0.3) is 0 Å². The lowest BCUT2D eigenvalue weighted by Gasteiger charge is -2.15. The molecular formula is C12H17NO5S. The quantitative estimate of drug-likeness (QED) is 0.718. The summed E-state index contributed by atoms with van der Waals surface area (Å²) < 4.78 is 26.3. The molecule has 2 unspecified atom stereocenters. The van der Waals surface area contributed by atoms with Crippen LogP contribution in [0.3, 0.4) is 0 Å². The monoisotopic (exact) mass is 287 g/mol. The fourth-order valence-electron chi connectivity index (χ4n) is 1.67. The Morgan fingerprint density at radius 2 is 1.79 bits per heavy atom. The Bertz CT molecular complexity index is 536. The molecule has 0 amide bonds. The number of rotatable bonds is 6. The molecule has 0 saturated heterocycles. The van der Waals surface area contributed by atoms with Gasteiger partial charge in [0.2, 0.25) is 10.0 Å². The standard InChI is InChI=1S/C12H17NO5S/c1-8(7-9(2)14)13-19(17,18)11-5-3-10(4-6-11)12(15)16/h3-6,8-9,13-14H,7H2,1-2H3,(H,15,16). The largest absolute Gasteiger partial charge is 0.478 e. The average Bonchev–Trinajstić information content (AvgIpc) is 2.27. The second-order valence-corrected chi connectivity index (χ2v) is 6.15. The minimum absolute atomic E-state index is 0.00468. The highest BCUT2D eigenvalue weighted by Crippen LogP contribution is 2.12. The summed E-state index contributed by atoms with van der Waals surface area (Å²) in [6.07, 6.45) is -0.306. The number of aliphatic hydroxyl groups excluding tert-OH is 1. The van der Waals surface area contributed by atoms with Gasteiger partial charge in [0.25, 0.3) is 0 Å². The summed E-state index contributed by atoms with van der Waals surface area (Å²) >= 11 is 0. The van der Waals surface area contributed by atoms with Crippen LogP contribution in [-0.4, -0.2) is 36.7 Å². The van der Waals surface area contributed by atoms with Gasteiger partial charge in [-0.25, -0.2) is 17.9 Å². The predicted octanol–water partition coefficient (Wildman–Crippen LogP) is 0.822. The van der Waals surface area contributed by atoms with Crippen molar-refractivity contribution in [2.24, 2.45) is 0 Å². The van der Waals surface area contributed by atoms with Crippen molar-refractivity contribution < 1.29 is 23.4 Å². The number of benzene rings is 1. The summed E-state index contributed by atoms with van der Waals surface area (Å²) in [5.41, 5.74) is 0.0241. The number of carboxylic acid groups (broad SMARTS) is 1. The van der Waals surface area contributed by atoms with Crippen LogP contribution in [0.1, 0.15) is 30.6 Å². The maximum absolute atomic E-state index is 12.0. The molecule has 0 radical (unpaired) electrons. The van der Waals surface area contributed by atoms with E-state index in [1.807, 2.05) is 0 Å². The molecule has 106 valence electrons. The number of aliphatic hydroxyl groups is 1. The van der Waals surface area contributed by atoms with Gasteiger partial charge in [0, 0.05) is 6.04 Å². The van der Waals surface area contributed by atoms with Gasteiger partial charge in [-0.1, -0.05) is 0 Å². The van der Waals surface area contributed by atoms with Crippen molar-refractivity contribution >= 4 is 16.0 Å². The Hall–Kier alpha value is -1.44. The molecule has 2 atom stereocenters. The van der Waals surface area contributed by atoms with Crippen molar-refractivity contribution in [1.82, 2.24) is 4.72 Å². The smallest absolute Gasteiger partial charge is 0.335 e. The summed E-state index contributed by atoms with van der Waals surface area (Å²) in [5, 5.41) is 17.9. The fourth-order valence-corrected chi connectivity index (χ4v) is 2.93. The highest BCUT2D eigenvalue weighted by molar-refractivity contribution is 7.89. The molecule has 0 aromatic heterocycles. The Morgan fingerprint density at radius 3 is 2.21 bits per heavy atom. The van der Waals surface area contributed by atoms with Crippen LogP contribution in [0.15, 0.2) is 29.2 Å². The number of carboxylic acids is 1. The van der Waals surface area contributed by atoms with Crippen molar-refractivity contribution in [1.29, 1.82) is 0 Å². The van der Waals surface area contributed by atoms with Gasteiger partial charge in [-0.15, -0.1) is 0 Å². The lowest BCUT2D eigenvalue weighted by atomic mass is 10.2. The van der Waals surface area contributed by atoms with Crippen LogP contribution in [0.2, 0.25) is 0 Å². The second kappa shape index (κ2) is 6.14. The SMILES string of the molecule is CC(O)CC(C)NS(=O)(=O)c1ccc(C(=O)O)cc1. The van der Waals surface area contributed by atoms with E-state index < -0.39 is 28.1 Å². The maximum atomic E-state index is 12.0. The summed E-state index contributed by atoms with van der Waals surface area (Å²) in [6.45, 7) is 3.22. The molecule has 19 heavy (non-hydrogen) atoms. The molecule has 0 aliphatic heterocycles. The zero-order valence-electron chi connectivity index (χ0n) is 10.7. The zero-order valence-corrected chi connectivity index (χ0v) is 11.5. The average molecular weight is 287 g/mol.